The van der Waals surface area contributed by atoms with Gasteiger partial charge in [-0.1, -0.05) is 13.8 Å². The first-order chi connectivity index (χ1) is 16.5. The Balaban J connectivity index is 1.22. The number of amides is 2. The molecule has 1 spiro atoms. The molecule has 35 heavy (non-hydrogen) atoms. The number of hydrogen-bond donors (Lipinski definition) is 3. The molecule has 0 bridgehead atoms. The van der Waals surface area contributed by atoms with E-state index in [2.05, 4.69) is 29.2 Å². The molecule has 2 amide bonds. The predicted molar refractivity (Wildman–Crippen MR) is 139 cm³/mol. The predicted octanol–water partition coefficient (Wildman–Crippen LogP) is 3.08. The topological polar surface area (TPSA) is 136 Å². The SMILES string of the molecule is Cc1sc2cc(C(N)=O)c(OC3CC4(C3)CC(N3N=C(NCC(C)C)SC3C(N)=O)C4)nc2c1C. The summed E-state index contributed by atoms with van der Waals surface area (Å²) in [4.78, 5) is 30.0. The Bertz CT molecular complexity index is 1210. The van der Waals surface area contributed by atoms with Crippen LogP contribution in [0.2, 0.25) is 0 Å². The van der Waals surface area contributed by atoms with Gasteiger partial charge in [-0.05, 0) is 74.3 Å². The van der Waals surface area contributed by atoms with Gasteiger partial charge in [-0.3, -0.25) is 14.6 Å². The number of fused-ring (bicyclic) bond motifs is 1. The number of aryl methyl sites for hydroxylation is 2. The van der Waals surface area contributed by atoms with Gasteiger partial charge in [0.05, 0.1) is 16.3 Å². The summed E-state index contributed by atoms with van der Waals surface area (Å²) < 4.78 is 7.15. The van der Waals surface area contributed by atoms with E-state index >= 15 is 0 Å². The van der Waals surface area contributed by atoms with Crippen molar-refractivity contribution in [3.8, 4) is 5.88 Å². The van der Waals surface area contributed by atoms with Crippen molar-refractivity contribution in [2.45, 2.75) is 70.9 Å². The summed E-state index contributed by atoms with van der Waals surface area (Å²) in [7, 11) is 0. The summed E-state index contributed by atoms with van der Waals surface area (Å²) >= 11 is 3.01. The minimum absolute atomic E-state index is 0.00861. The van der Waals surface area contributed by atoms with Crippen LogP contribution in [0.4, 0.5) is 0 Å². The molecule has 0 saturated heterocycles. The summed E-state index contributed by atoms with van der Waals surface area (Å²) in [5.41, 5.74) is 13.8. The van der Waals surface area contributed by atoms with Crippen molar-refractivity contribution >= 4 is 50.3 Å². The average Bonchev–Trinajstić information content (AvgIpc) is 3.28. The molecule has 0 radical (unpaired) electrons. The first-order valence-corrected chi connectivity index (χ1v) is 13.7. The van der Waals surface area contributed by atoms with Gasteiger partial charge in [0, 0.05) is 11.4 Å². The molecule has 1 unspecified atom stereocenters. The third-order valence-electron chi connectivity index (χ3n) is 7.25. The molecule has 11 heteroatoms. The third-order valence-corrected chi connectivity index (χ3v) is 9.51. The highest BCUT2D eigenvalue weighted by molar-refractivity contribution is 8.15. The summed E-state index contributed by atoms with van der Waals surface area (Å²) in [6.07, 6.45) is 3.64. The number of nitrogens with zero attached hydrogens (tertiary/aromatic N) is 3. The number of carbonyl (C=O) groups is 2. The number of nitrogens with two attached hydrogens (primary N) is 2. The van der Waals surface area contributed by atoms with Crippen LogP contribution in [0.1, 0.15) is 60.3 Å². The van der Waals surface area contributed by atoms with Crippen molar-refractivity contribution in [2.75, 3.05) is 6.54 Å². The fourth-order valence-corrected chi connectivity index (χ4v) is 7.29. The second-order valence-corrected chi connectivity index (χ2v) is 12.8. The van der Waals surface area contributed by atoms with Crippen LogP contribution in [-0.2, 0) is 4.79 Å². The molecule has 3 heterocycles. The van der Waals surface area contributed by atoms with Crippen LogP contribution in [0.25, 0.3) is 10.2 Å². The van der Waals surface area contributed by atoms with Crippen molar-refractivity contribution < 1.29 is 14.3 Å². The number of aromatic nitrogens is 1. The number of pyridine rings is 1. The first kappa shape index (κ1) is 24.2. The van der Waals surface area contributed by atoms with Crippen LogP contribution in [0, 0.1) is 25.2 Å². The van der Waals surface area contributed by atoms with Crippen LogP contribution < -0.4 is 21.5 Å². The van der Waals surface area contributed by atoms with Crippen LogP contribution >= 0.6 is 23.1 Å². The van der Waals surface area contributed by atoms with E-state index < -0.39 is 11.3 Å². The Hall–Kier alpha value is -2.53. The van der Waals surface area contributed by atoms with Gasteiger partial charge in [0.2, 0.25) is 5.88 Å². The second kappa shape index (κ2) is 8.85. The molecule has 2 aliphatic carbocycles. The number of primary amides is 2. The zero-order valence-electron chi connectivity index (χ0n) is 20.5. The van der Waals surface area contributed by atoms with Gasteiger partial charge in [-0.15, -0.1) is 11.3 Å². The zero-order chi connectivity index (χ0) is 25.1. The highest BCUT2D eigenvalue weighted by atomic mass is 32.2. The van der Waals surface area contributed by atoms with E-state index in [1.807, 2.05) is 18.9 Å². The molecule has 5 rings (SSSR count). The number of hydrazone groups is 1. The molecule has 9 nitrogen and oxygen atoms in total. The second-order valence-electron chi connectivity index (χ2n) is 10.5. The smallest absolute Gasteiger partial charge is 0.254 e. The van der Waals surface area contributed by atoms with Gasteiger partial charge < -0.3 is 21.5 Å². The lowest BCUT2D eigenvalue weighted by atomic mass is 9.52. The number of ether oxygens (including phenoxy) is 1. The van der Waals surface area contributed by atoms with Crippen LogP contribution in [0.3, 0.4) is 0 Å². The lowest BCUT2D eigenvalue weighted by molar-refractivity contribution is -0.132. The average molecular weight is 517 g/mol. The van der Waals surface area contributed by atoms with Crippen molar-refractivity contribution in [2.24, 2.45) is 27.9 Å². The van der Waals surface area contributed by atoms with Gasteiger partial charge in [-0.25, -0.2) is 4.98 Å². The van der Waals surface area contributed by atoms with Crippen molar-refractivity contribution in [3.05, 3.63) is 22.1 Å². The van der Waals surface area contributed by atoms with E-state index in [-0.39, 0.29) is 23.5 Å². The molecule has 2 aromatic heterocycles. The van der Waals surface area contributed by atoms with Gasteiger partial charge >= 0.3 is 0 Å². The molecule has 2 fully saturated rings. The molecular weight excluding hydrogens is 484 g/mol. The van der Waals surface area contributed by atoms with E-state index in [0.29, 0.717) is 17.4 Å². The van der Waals surface area contributed by atoms with E-state index in [4.69, 9.17) is 16.2 Å². The molecule has 1 aliphatic heterocycles. The monoisotopic (exact) mass is 516 g/mol. The Morgan fingerprint density at radius 1 is 1.26 bits per heavy atom. The van der Waals surface area contributed by atoms with E-state index in [9.17, 15) is 9.59 Å². The third kappa shape index (κ3) is 4.44. The minimum Gasteiger partial charge on any atom is -0.474 e. The highest BCUT2D eigenvalue weighted by Gasteiger charge is 2.57. The number of hydrogen-bond acceptors (Lipinski definition) is 9. The normalized spacial score (nSPS) is 27.6. The van der Waals surface area contributed by atoms with E-state index in [1.165, 1.54) is 16.6 Å². The number of rotatable bonds is 7. The van der Waals surface area contributed by atoms with Crippen LogP contribution in [0.5, 0.6) is 5.88 Å². The maximum absolute atomic E-state index is 12.1. The maximum Gasteiger partial charge on any atom is 0.254 e. The van der Waals surface area contributed by atoms with E-state index in [0.717, 1.165) is 53.2 Å². The number of amidine groups is 1. The van der Waals surface area contributed by atoms with Crippen molar-refractivity contribution in [3.63, 3.8) is 0 Å². The molecule has 2 saturated carbocycles. The van der Waals surface area contributed by atoms with Gasteiger partial charge in [0.1, 0.15) is 11.7 Å². The Morgan fingerprint density at radius 2 is 1.97 bits per heavy atom. The maximum atomic E-state index is 12.1. The molecule has 2 aromatic rings. The van der Waals surface area contributed by atoms with Gasteiger partial charge in [-0.2, -0.15) is 5.10 Å². The number of thioether (sulfide) groups is 1. The van der Waals surface area contributed by atoms with Crippen molar-refractivity contribution in [1.29, 1.82) is 0 Å². The lowest BCUT2D eigenvalue weighted by Gasteiger charge is -2.58. The molecule has 0 aromatic carbocycles. The van der Waals surface area contributed by atoms with Gasteiger partial charge in [0.25, 0.3) is 11.8 Å². The summed E-state index contributed by atoms with van der Waals surface area (Å²) in [6.45, 7) is 9.14. The number of nitrogens with one attached hydrogen (secondary N) is 1. The molecule has 188 valence electrons. The Morgan fingerprint density at radius 3 is 2.60 bits per heavy atom. The molecular formula is C24H32N6O3S2. The summed E-state index contributed by atoms with van der Waals surface area (Å²) in [5.74, 6) is -0.0806. The minimum atomic E-state index is -0.528. The Labute approximate surface area is 213 Å². The molecule has 3 aliphatic rings. The quantitative estimate of drug-likeness (QED) is 0.514. The summed E-state index contributed by atoms with van der Waals surface area (Å²) in [6, 6.07) is 1.99. The van der Waals surface area contributed by atoms with Gasteiger partial charge in [0.15, 0.2) is 10.5 Å². The standard InChI is InChI=1S/C24H32N6O3S2/c1-11(2)10-27-23-29-30(22(35-23)20(26)32)14-6-24(7-14)8-15(9-24)33-21-16(19(25)31)5-17-18(28-21)12(3)13(4)34-17/h5,11,14-15,22H,6-10H2,1-4H3,(H2,25,31)(H2,26,32)(H,27,29). The molecule has 5 N–H and O–H groups in total. The Kier molecular flexibility index (Phi) is 6.11. The number of carbonyl (C=O) groups excluding carboxylic acids is 2. The largest absolute Gasteiger partial charge is 0.474 e. The summed E-state index contributed by atoms with van der Waals surface area (Å²) in [5, 5.41) is 10.2. The first-order valence-electron chi connectivity index (χ1n) is 12.0. The molecule has 1 atom stereocenters. The highest BCUT2D eigenvalue weighted by Crippen LogP contribution is 2.59. The van der Waals surface area contributed by atoms with Crippen LogP contribution in [-0.4, -0.2) is 51.0 Å². The van der Waals surface area contributed by atoms with E-state index in [1.54, 1.807) is 17.4 Å². The fraction of sp³-hybridized carbons (Fsp3) is 0.583. The number of thiophene rings is 1. The zero-order valence-corrected chi connectivity index (χ0v) is 22.1. The van der Waals surface area contributed by atoms with Crippen LogP contribution in [0.15, 0.2) is 11.2 Å². The van der Waals surface area contributed by atoms with Crippen molar-refractivity contribution in [1.82, 2.24) is 15.3 Å². The fourth-order valence-electron chi connectivity index (χ4n) is 5.28. The lowest BCUT2D eigenvalue weighted by Crippen LogP contribution is -2.59.